The van der Waals surface area contributed by atoms with Crippen LogP contribution in [0, 0.1) is 0 Å². The highest BCUT2D eigenvalue weighted by molar-refractivity contribution is 7.92. The maximum absolute atomic E-state index is 12.3. The molecule has 0 unspecified atom stereocenters. The summed E-state index contributed by atoms with van der Waals surface area (Å²) in [6.45, 7) is 0.671. The number of amides is 1. The minimum Gasteiger partial charge on any atom is -0.454 e. The molecule has 7 nitrogen and oxygen atoms in total. The molecule has 4 rings (SSSR count). The molecule has 0 saturated carbocycles. The molecule has 0 radical (unpaired) electrons. The number of benzene rings is 2. The number of sulfonamides is 1. The molecule has 1 amide bonds. The third kappa shape index (κ3) is 3.71. The molecule has 0 spiro atoms. The van der Waals surface area contributed by atoms with Gasteiger partial charge in [-0.15, -0.1) is 0 Å². The number of carbonyl (C=O) groups is 1. The number of rotatable bonds is 5. The number of ether oxygens (including phenoxy) is 2. The molecule has 0 atom stereocenters. The average molecular weight is 388 g/mol. The van der Waals surface area contributed by atoms with Crippen molar-refractivity contribution in [2.45, 2.75) is 19.3 Å². The molecular formula is C19H20N2O5S. The summed E-state index contributed by atoms with van der Waals surface area (Å²) < 4.78 is 35.6. The van der Waals surface area contributed by atoms with Crippen LogP contribution in [0.1, 0.15) is 17.5 Å². The molecule has 2 aromatic rings. The summed E-state index contributed by atoms with van der Waals surface area (Å²) >= 11 is 0. The van der Waals surface area contributed by atoms with Crippen LogP contribution < -0.4 is 19.1 Å². The Labute approximate surface area is 157 Å². The van der Waals surface area contributed by atoms with Gasteiger partial charge in [-0.25, -0.2) is 8.42 Å². The maximum Gasteiger partial charge on any atom is 0.232 e. The van der Waals surface area contributed by atoms with E-state index in [4.69, 9.17) is 9.47 Å². The first-order valence-corrected chi connectivity index (χ1v) is 10.5. The summed E-state index contributed by atoms with van der Waals surface area (Å²) in [4.78, 5) is 12.3. The summed E-state index contributed by atoms with van der Waals surface area (Å²) in [6, 6.07) is 11.0. The van der Waals surface area contributed by atoms with E-state index in [0.717, 1.165) is 16.9 Å². The first-order valence-electron chi connectivity index (χ1n) is 8.69. The van der Waals surface area contributed by atoms with Gasteiger partial charge in [-0.05, 0) is 54.3 Å². The van der Waals surface area contributed by atoms with E-state index in [9.17, 15) is 13.2 Å². The zero-order valence-corrected chi connectivity index (χ0v) is 15.7. The Kier molecular flexibility index (Phi) is 4.43. The first-order chi connectivity index (χ1) is 12.9. The second-order valence-corrected chi connectivity index (χ2v) is 8.57. The number of carbonyl (C=O) groups excluding carboxylic acids is 1. The Bertz CT molecular complexity index is 1000. The van der Waals surface area contributed by atoms with Gasteiger partial charge in [0.1, 0.15) is 0 Å². The summed E-state index contributed by atoms with van der Waals surface area (Å²) in [5, 5.41) is 2.88. The van der Waals surface area contributed by atoms with Crippen molar-refractivity contribution < 1.29 is 22.7 Å². The van der Waals surface area contributed by atoms with Crippen molar-refractivity contribution >= 4 is 27.3 Å². The van der Waals surface area contributed by atoms with Crippen molar-refractivity contribution in [1.82, 2.24) is 0 Å². The Morgan fingerprint density at radius 2 is 1.96 bits per heavy atom. The Hall–Kier alpha value is -2.74. The smallest absolute Gasteiger partial charge is 0.232 e. The lowest BCUT2D eigenvalue weighted by molar-refractivity contribution is -0.116. The summed E-state index contributed by atoms with van der Waals surface area (Å²) in [6.07, 6.45) is 2.78. The van der Waals surface area contributed by atoms with Gasteiger partial charge in [-0.3, -0.25) is 9.10 Å². The predicted octanol–water partition coefficient (Wildman–Crippen LogP) is 2.31. The molecule has 0 aliphatic carbocycles. The van der Waals surface area contributed by atoms with Gasteiger partial charge in [0.15, 0.2) is 11.5 Å². The molecular weight excluding hydrogens is 368 g/mol. The van der Waals surface area contributed by atoms with E-state index >= 15 is 0 Å². The van der Waals surface area contributed by atoms with Gasteiger partial charge >= 0.3 is 0 Å². The van der Waals surface area contributed by atoms with Gasteiger partial charge in [0.2, 0.25) is 22.7 Å². The van der Waals surface area contributed by atoms with Crippen LogP contribution in [-0.4, -0.2) is 33.9 Å². The molecule has 2 aliphatic heterocycles. The van der Waals surface area contributed by atoms with Crippen LogP contribution in [0.4, 0.5) is 11.4 Å². The van der Waals surface area contributed by atoms with Crippen molar-refractivity contribution in [1.29, 1.82) is 0 Å². The summed E-state index contributed by atoms with van der Waals surface area (Å²) in [5.74, 6) is 1.34. The number of fused-ring (bicyclic) bond motifs is 2. The van der Waals surface area contributed by atoms with Crippen molar-refractivity contribution in [2.24, 2.45) is 0 Å². The van der Waals surface area contributed by atoms with Gasteiger partial charge in [0.05, 0.1) is 11.9 Å². The molecule has 2 aliphatic rings. The highest BCUT2D eigenvalue weighted by Crippen LogP contribution is 2.33. The van der Waals surface area contributed by atoms with E-state index in [1.807, 2.05) is 24.3 Å². The normalized spacial score (nSPS) is 14.9. The fourth-order valence-corrected chi connectivity index (χ4v) is 4.33. The second-order valence-electron chi connectivity index (χ2n) is 6.66. The Morgan fingerprint density at radius 3 is 2.78 bits per heavy atom. The SMILES string of the molecule is CS(=O)(=O)N1CCc2cc(NC(=O)CCc3ccc4c(c3)OCO4)ccc21. The largest absolute Gasteiger partial charge is 0.454 e. The number of anilines is 2. The average Bonchev–Trinajstić information content (AvgIpc) is 3.25. The van der Waals surface area contributed by atoms with Crippen LogP contribution >= 0.6 is 0 Å². The second kappa shape index (κ2) is 6.77. The lowest BCUT2D eigenvalue weighted by Gasteiger charge is -2.16. The predicted molar refractivity (Wildman–Crippen MR) is 102 cm³/mol. The zero-order chi connectivity index (χ0) is 19.0. The standard InChI is InChI=1S/C19H20N2O5S/c1-27(23,24)21-9-8-14-11-15(4-5-16(14)21)20-19(22)7-3-13-2-6-17-18(10-13)26-12-25-17/h2,4-6,10-11H,3,7-9,12H2,1H3,(H,20,22). The fraction of sp³-hybridized carbons (Fsp3) is 0.316. The van der Waals surface area contributed by atoms with Crippen molar-refractivity contribution in [3.8, 4) is 11.5 Å². The van der Waals surface area contributed by atoms with Crippen molar-refractivity contribution in [2.75, 3.05) is 29.2 Å². The van der Waals surface area contributed by atoms with E-state index in [1.54, 1.807) is 12.1 Å². The molecule has 142 valence electrons. The van der Waals surface area contributed by atoms with E-state index in [1.165, 1.54) is 10.6 Å². The number of hydrogen-bond acceptors (Lipinski definition) is 5. The minimum absolute atomic E-state index is 0.0921. The van der Waals surface area contributed by atoms with E-state index in [2.05, 4.69) is 5.32 Å². The number of nitrogens with one attached hydrogen (secondary N) is 1. The zero-order valence-electron chi connectivity index (χ0n) is 14.9. The molecule has 0 bridgehead atoms. The van der Waals surface area contributed by atoms with Crippen molar-refractivity contribution in [3.63, 3.8) is 0 Å². The highest BCUT2D eigenvalue weighted by Gasteiger charge is 2.26. The van der Waals surface area contributed by atoms with Gasteiger partial charge in [0.25, 0.3) is 0 Å². The van der Waals surface area contributed by atoms with Crippen LogP contribution in [0.2, 0.25) is 0 Å². The Morgan fingerprint density at radius 1 is 1.15 bits per heavy atom. The van der Waals surface area contributed by atoms with Gasteiger partial charge in [-0.1, -0.05) is 6.07 Å². The third-order valence-electron chi connectivity index (χ3n) is 4.69. The van der Waals surface area contributed by atoms with Crippen LogP contribution in [0.3, 0.4) is 0 Å². The molecule has 1 N–H and O–H groups in total. The maximum atomic E-state index is 12.3. The van der Waals surface area contributed by atoms with Crippen LogP contribution in [0.15, 0.2) is 36.4 Å². The van der Waals surface area contributed by atoms with Crippen LogP contribution in [0.25, 0.3) is 0 Å². The topological polar surface area (TPSA) is 84.9 Å². The highest BCUT2D eigenvalue weighted by atomic mass is 32.2. The first kappa shape index (κ1) is 17.7. The monoisotopic (exact) mass is 388 g/mol. The van der Waals surface area contributed by atoms with Gasteiger partial charge < -0.3 is 14.8 Å². The molecule has 27 heavy (non-hydrogen) atoms. The minimum atomic E-state index is -3.27. The van der Waals surface area contributed by atoms with E-state index in [0.29, 0.717) is 42.9 Å². The third-order valence-corrected chi connectivity index (χ3v) is 5.87. The molecule has 8 heteroatoms. The van der Waals surface area contributed by atoms with Crippen LogP contribution in [-0.2, 0) is 27.7 Å². The molecule has 0 fully saturated rings. The molecule has 0 saturated heterocycles. The lowest BCUT2D eigenvalue weighted by atomic mass is 10.1. The number of nitrogens with zero attached hydrogens (tertiary/aromatic N) is 1. The van der Waals surface area contributed by atoms with E-state index < -0.39 is 10.0 Å². The molecule has 0 aromatic heterocycles. The lowest BCUT2D eigenvalue weighted by Crippen LogP contribution is -2.27. The Balaban J connectivity index is 1.38. The summed E-state index contributed by atoms with van der Waals surface area (Å²) in [7, 11) is -3.27. The quantitative estimate of drug-likeness (QED) is 0.850. The van der Waals surface area contributed by atoms with Gasteiger partial charge in [-0.2, -0.15) is 0 Å². The fourth-order valence-electron chi connectivity index (χ4n) is 3.37. The summed E-state index contributed by atoms with van der Waals surface area (Å²) in [5.41, 5.74) is 3.30. The van der Waals surface area contributed by atoms with Gasteiger partial charge in [0, 0.05) is 18.7 Å². The molecule has 2 aromatic carbocycles. The van der Waals surface area contributed by atoms with Crippen LogP contribution in [0.5, 0.6) is 11.5 Å². The number of aryl methyl sites for hydroxylation is 1. The number of hydrogen-bond donors (Lipinski definition) is 1. The van der Waals surface area contributed by atoms with E-state index in [-0.39, 0.29) is 12.7 Å². The van der Waals surface area contributed by atoms with Crippen molar-refractivity contribution in [3.05, 3.63) is 47.5 Å². The molecule has 2 heterocycles.